The van der Waals surface area contributed by atoms with Crippen LogP contribution in [0.5, 0.6) is 0 Å². The van der Waals surface area contributed by atoms with Gasteiger partial charge in [0.15, 0.2) is 0 Å². The molecule has 1 aromatic rings. The van der Waals surface area contributed by atoms with Gasteiger partial charge >= 0.3 is 0 Å². The van der Waals surface area contributed by atoms with Gasteiger partial charge in [-0.15, -0.1) is 0 Å². The van der Waals surface area contributed by atoms with Crippen molar-refractivity contribution in [2.75, 3.05) is 0 Å². The quantitative estimate of drug-likeness (QED) is 0.595. The lowest BCUT2D eigenvalue weighted by Gasteiger charge is -2.47. The van der Waals surface area contributed by atoms with Gasteiger partial charge in [-0.25, -0.2) is 0 Å². The lowest BCUT2D eigenvalue weighted by molar-refractivity contribution is 0.232. The summed E-state index contributed by atoms with van der Waals surface area (Å²) in [7, 11) is 0. The van der Waals surface area contributed by atoms with Crippen LogP contribution in [-0.4, -0.2) is 0 Å². The zero-order valence-corrected chi connectivity index (χ0v) is 12.4. The first-order valence-electron chi connectivity index (χ1n) is 6.79. The first kappa shape index (κ1) is 12.7. The lowest BCUT2D eigenvalue weighted by atomic mass is 9.57. The molecule has 0 aliphatic heterocycles. The number of hydrogen-bond donors (Lipinski definition) is 0. The van der Waals surface area contributed by atoms with E-state index < -0.39 is 0 Å². The summed E-state index contributed by atoms with van der Waals surface area (Å²) < 4.78 is 0. The average molecular weight is 230 g/mol. The summed E-state index contributed by atoms with van der Waals surface area (Å²) in [5.41, 5.74) is 6.75. The molecule has 0 saturated heterocycles. The Balaban J connectivity index is 2.77. The molecule has 0 radical (unpaired) electrons. The molecule has 1 atom stereocenters. The highest BCUT2D eigenvalue weighted by Gasteiger charge is 2.42. The van der Waals surface area contributed by atoms with Gasteiger partial charge in [0, 0.05) is 0 Å². The highest BCUT2D eigenvalue weighted by molar-refractivity contribution is 5.49. The van der Waals surface area contributed by atoms with Crippen LogP contribution in [0.15, 0.2) is 12.1 Å². The van der Waals surface area contributed by atoms with E-state index in [9.17, 15) is 0 Å². The van der Waals surface area contributed by atoms with E-state index in [-0.39, 0.29) is 0 Å². The minimum atomic E-state index is 0.309. The van der Waals surface area contributed by atoms with Crippen LogP contribution in [0.1, 0.15) is 63.3 Å². The van der Waals surface area contributed by atoms with Gasteiger partial charge in [0.2, 0.25) is 0 Å². The van der Waals surface area contributed by atoms with Gasteiger partial charge in [-0.1, -0.05) is 46.8 Å². The summed E-state index contributed by atoms with van der Waals surface area (Å²) in [6.07, 6.45) is 1.29. The molecule has 0 heteroatoms. The van der Waals surface area contributed by atoms with E-state index in [4.69, 9.17) is 0 Å². The zero-order valence-electron chi connectivity index (χ0n) is 12.4. The largest absolute Gasteiger partial charge is 0.0616 e. The molecule has 1 aromatic carbocycles. The van der Waals surface area contributed by atoms with Crippen LogP contribution in [-0.2, 0) is 10.8 Å². The molecule has 0 amide bonds. The Morgan fingerprint density at radius 2 is 1.65 bits per heavy atom. The highest BCUT2D eigenvalue weighted by atomic mass is 14.5. The fourth-order valence-electron chi connectivity index (χ4n) is 3.61. The number of rotatable bonds is 0. The Hall–Kier alpha value is -0.780. The van der Waals surface area contributed by atoms with Gasteiger partial charge < -0.3 is 0 Å². The molecular formula is C17H26. The van der Waals surface area contributed by atoms with Crippen LogP contribution >= 0.6 is 0 Å². The topological polar surface area (TPSA) is 0 Å². The van der Waals surface area contributed by atoms with Gasteiger partial charge in [-0.05, 0) is 59.3 Å². The molecule has 0 heterocycles. The number of aryl methyl sites for hydroxylation is 1. The number of hydrogen-bond acceptors (Lipinski definition) is 0. The van der Waals surface area contributed by atoms with Crippen LogP contribution in [0.25, 0.3) is 0 Å². The van der Waals surface area contributed by atoms with Gasteiger partial charge in [-0.3, -0.25) is 0 Å². The second-order valence-electron chi connectivity index (χ2n) is 7.14. The molecule has 0 spiro atoms. The first-order valence-corrected chi connectivity index (χ1v) is 6.79. The van der Waals surface area contributed by atoms with Crippen molar-refractivity contribution < 1.29 is 0 Å². The van der Waals surface area contributed by atoms with Crippen molar-refractivity contribution in [3.63, 3.8) is 0 Å². The molecular weight excluding hydrogens is 204 g/mol. The van der Waals surface area contributed by atoms with Crippen molar-refractivity contribution in [3.05, 3.63) is 34.4 Å². The summed E-state index contributed by atoms with van der Waals surface area (Å²) >= 11 is 0. The highest BCUT2D eigenvalue weighted by Crippen LogP contribution is 2.50. The van der Waals surface area contributed by atoms with Crippen LogP contribution in [0.3, 0.4) is 0 Å². The molecule has 1 unspecified atom stereocenters. The fraction of sp³-hybridized carbons (Fsp3) is 0.647. The molecule has 17 heavy (non-hydrogen) atoms. The molecule has 0 bridgehead atoms. The van der Waals surface area contributed by atoms with Crippen molar-refractivity contribution in [3.8, 4) is 0 Å². The van der Waals surface area contributed by atoms with Crippen LogP contribution in [0.2, 0.25) is 0 Å². The first-order chi connectivity index (χ1) is 7.68. The number of fused-ring (bicyclic) bond motifs is 1. The molecule has 0 N–H and O–H groups in total. The maximum atomic E-state index is 2.41. The summed E-state index contributed by atoms with van der Waals surface area (Å²) in [4.78, 5) is 0. The third-order valence-corrected chi connectivity index (χ3v) is 5.16. The normalized spacial score (nSPS) is 25.5. The van der Waals surface area contributed by atoms with Gasteiger partial charge in [-0.2, -0.15) is 0 Å². The Morgan fingerprint density at radius 3 is 2.24 bits per heavy atom. The SMILES string of the molecule is Cc1ccc2c(c1C)C(C)(C)CC(C)C2(C)C. The van der Waals surface area contributed by atoms with E-state index in [0.717, 1.165) is 5.92 Å². The van der Waals surface area contributed by atoms with Crippen LogP contribution in [0.4, 0.5) is 0 Å². The van der Waals surface area contributed by atoms with E-state index >= 15 is 0 Å². The Bertz CT molecular complexity index is 449. The lowest BCUT2D eigenvalue weighted by Crippen LogP contribution is -2.40. The molecule has 1 aliphatic rings. The molecule has 2 rings (SSSR count). The third-order valence-electron chi connectivity index (χ3n) is 5.16. The van der Waals surface area contributed by atoms with Crippen LogP contribution in [0, 0.1) is 19.8 Å². The standard InChI is InChI=1S/C17H26/c1-11-8-9-14-15(13(11)3)16(4,5)10-12(2)17(14,6)7/h8-9,12H,10H2,1-7H3. The maximum absolute atomic E-state index is 2.41. The van der Waals surface area contributed by atoms with E-state index in [1.807, 2.05) is 0 Å². The van der Waals surface area contributed by atoms with Crippen molar-refractivity contribution in [2.24, 2.45) is 5.92 Å². The van der Waals surface area contributed by atoms with Gasteiger partial charge in [0.1, 0.15) is 0 Å². The molecule has 1 aliphatic carbocycles. The predicted octanol–water partition coefficient (Wildman–Crippen LogP) is 4.90. The predicted molar refractivity (Wildman–Crippen MR) is 75.7 cm³/mol. The zero-order chi connectivity index (χ0) is 13.0. The minimum Gasteiger partial charge on any atom is -0.0616 e. The maximum Gasteiger partial charge on any atom is -0.00746 e. The number of benzene rings is 1. The van der Waals surface area contributed by atoms with Crippen molar-refractivity contribution in [1.29, 1.82) is 0 Å². The van der Waals surface area contributed by atoms with E-state index in [1.165, 1.54) is 17.5 Å². The summed E-state index contributed by atoms with van der Waals surface area (Å²) in [5.74, 6) is 0.743. The summed E-state index contributed by atoms with van der Waals surface area (Å²) in [6.45, 7) is 16.5. The van der Waals surface area contributed by atoms with E-state index in [1.54, 1.807) is 11.1 Å². The monoisotopic (exact) mass is 230 g/mol. The smallest absolute Gasteiger partial charge is 0.00746 e. The molecule has 0 aromatic heterocycles. The minimum absolute atomic E-state index is 0.309. The van der Waals surface area contributed by atoms with E-state index in [2.05, 4.69) is 60.6 Å². The van der Waals surface area contributed by atoms with Crippen molar-refractivity contribution in [2.45, 2.75) is 65.7 Å². The summed E-state index contributed by atoms with van der Waals surface area (Å²) in [5, 5.41) is 0. The van der Waals surface area contributed by atoms with Crippen molar-refractivity contribution in [1.82, 2.24) is 0 Å². The van der Waals surface area contributed by atoms with Gasteiger partial charge in [0.25, 0.3) is 0 Å². The second kappa shape index (κ2) is 3.60. The molecule has 94 valence electrons. The molecule has 0 saturated carbocycles. The van der Waals surface area contributed by atoms with Gasteiger partial charge in [0.05, 0.1) is 0 Å². The summed E-state index contributed by atoms with van der Waals surface area (Å²) in [6, 6.07) is 4.67. The average Bonchev–Trinajstić information content (AvgIpc) is 2.18. The van der Waals surface area contributed by atoms with Crippen LogP contribution < -0.4 is 0 Å². The molecule has 0 fully saturated rings. The third kappa shape index (κ3) is 1.73. The van der Waals surface area contributed by atoms with E-state index in [0.29, 0.717) is 10.8 Å². The second-order valence-corrected chi connectivity index (χ2v) is 7.14. The fourth-order valence-corrected chi connectivity index (χ4v) is 3.61. The van der Waals surface area contributed by atoms with Crippen molar-refractivity contribution >= 4 is 0 Å². The Morgan fingerprint density at radius 1 is 1.06 bits per heavy atom. The Kier molecular flexibility index (Phi) is 2.69. The molecule has 0 nitrogen and oxygen atoms in total. The Labute approximate surface area is 106 Å².